The summed E-state index contributed by atoms with van der Waals surface area (Å²) in [5.74, 6) is 0.284. The Kier molecular flexibility index (Phi) is 12.3. The third kappa shape index (κ3) is 9.98. The third-order valence-electron chi connectivity index (χ3n) is 4.57. The van der Waals surface area contributed by atoms with Crippen molar-refractivity contribution in [1.82, 2.24) is 0 Å². The van der Waals surface area contributed by atoms with E-state index in [4.69, 9.17) is 14.5 Å². The predicted molar refractivity (Wildman–Crippen MR) is 92.0 cm³/mol. The smallest absolute Gasteiger partial charge is 0.338 e. The Bertz CT molecular complexity index is 287. The van der Waals surface area contributed by atoms with Crippen LogP contribution in [0.4, 0.5) is 0 Å². The zero-order valence-corrected chi connectivity index (χ0v) is 15.2. The fraction of sp³-hybridized carbons (Fsp3) is 0.947. The van der Waals surface area contributed by atoms with Crippen molar-refractivity contribution < 1.29 is 19.3 Å². The van der Waals surface area contributed by atoms with E-state index < -0.39 is 6.10 Å². The van der Waals surface area contributed by atoms with Crippen molar-refractivity contribution in [3.8, 4) is 0 Å². The molecule has 0 aromatic carbocycles. The summed E-state index contributed by atoms with van der Waals surface area (Å²) in [5.41, 5.74) is 0. The zero-order valence-electron chi connectivity index (χ0n) is 15.2. The highest BCUT2D eigenvalue weighted by atomic mass is 17.2. The van der Waals surface area contributed by atoms with E-state index in [1.54, 1.807) is 0 Å². The topological polar surface area (TPSA) is 44.8 Å². The van der Waals surface area contributed by atoms with Gasteiger partial charge in [0, 0.05) is 0 Å². The maximum atomic E-state index is 12.2. The van der Waals surface area contributed by atoms with Gasteiger partial charge < -0.3 is 4.74 Å². The standard InChI is InChI=1S/C19H36O4/c1-3-5-6-7-8-12-15-18(23-22-4-2)19(20)21-16-17-13-10-9-11-14-17/h17-18H,3-16H2,1-2H3. The van der Waals surface area contributed by atoms with Gasteiger partial charge in [0.25, 0.3) is 0 Å². The van der Waals surface area contributed by atoms with E-state index >= 15 is 0 Å². The summed E-state index contributed by atoms with van der Waals surface area (Å²) in [7, 11) is 0. The molecule has 1 rings (SSSR count). The predicted octanol–water partition coefficient (Wildman–Crippen LogP) is 5.20. The molecule has 0 spiro atoms. The second-order valence-electron chi connectivity index (χ2n) is 6.68. The first-order valence-electron chi connectivity index (χ1n) is 9.72. The molecule has 1 atom stereocenters. The summed E-state index contributed by atoms with van der Waals surface area (Å²) in [6.07, 6.45) is 13.5. The van der Waals surface area contributed by atoms with Crippen molar-refractivity contribution in [1.29, 1.82) is 0 Å². The molecule has 1 fully saturated rings. The van der Waals surface area contributed by atoms with E-state index in [-0.39, 0.29) is 5.97 Å². The molecule has 23 heavy (non-hydrogen) atoms. The number of carbonyl (C=O) groups is 1. The van der Waals surface area contributed by atoms with Crippen molar-refractivity contribution in [3.63, 3.8) is 0 Å². The van der Waals surface area contributed by atoms with Crippen molar-refractivity contribution in [2.75, 3.05) is 13.2 Å². The fourth-order valence-electron chi connectivity index (χ4n) is 3.11. The first kappa shape index (κ1) is 20.4. The van der Waals surface area contributed by atoms with Crippen LogP contribution in [0.3, 0.4) is 0 Å². The molecule has 0 radical (unpaired) electrons. The number of unbranched alkanes of at least 4 members (excludes halogenated alkanes) is 5. The molecule has 1 saturated carbocycles. The lowest BCUT2D eigenvalue weighted by Gasteiger charge is -2.22. The van der Waals surface area contributed by atoms with Crippen LogP contribution >= 0.6 is 0 Å². The monoisotopic (exact) mass is 328 g/mol. The minimum absolute atomic E-state index is 0.252. The fourth-order valence-corrected chi connectivity index (χ4v) is 3.11. The number of esters is 1. The van der Waals surface area contributed by atoms with E-state index in [9.17, 15) is 4.79 Å². The highest BCUT2D eigenvalue weighted by molar-refractivity contribution is 5.74. The molecule has 1 unspecified atom stereocenters. The average Bonchev–Trinajstić information content (AvgIpc) is 2.59. The van der Waals surface area contributed by atoms with Gasteiger partial charge in [0.15, 0.2) is 6.10 Å². The van der Waals surface area contributed by atoms with Gasteiger partial charge >= 0.3 is 5.97 Å². The van der Waals surface area contributed by atoms with Crippen LogP contribution in [0.25, 0.3) is 0 Å². The first-order valence-corrected chi connectivity index (χ1v) is 9.72. The second kappa shape index (κ2) is 13.8. The summed E-state index contributed by atoms with van der Waals surface area (Å²) in [5, 5.41) is 0. The van der Waals surface area contributed by atoms with Crippen LogP contribution in [0, 0.1) is 5.92 Å². The first-order chi connectivity index (χ1) is 11.3. The van der Waals surface area contributed by atoms with Crippen LogP contribution in [0.2, 0.25) is 0 Å². The Morgan fingerprint density at radius 3 is 2.39 bits per heavy atom. The van der Waals surface area contributed by atoms with Crippen LogP contribution in [0.15, 0.2) is 0 Å². The highest BCUT2D eigenvalue weighted by Crippen LogP contribution is 2.24. The number of carbonyl (C=O) groups excluding carboxylic acids is 1. The summed E-state index contributed by atoms with van der Waals surface area (Å²) < 4.78 is 5.49. The molecule has 0 aromatic heterocycles. The van der Waals surface area contributed by atoms with Crippen LogP contribution in [-0.2, 0) is 19.3 Å². The maximum absolute atomic E-state index is 12.2. The maximum Gasteiger partial charge on any atom is 0.338 e. The van der Waals surface area contributed by atoms with E-state index in [2.05, 4.69) is 6.92 Å². The molecule has 0 amide bonds. The summed E-state index contributed by atoms with van der Waals surface area (Å²) in [6.45, 7) is 5.06. The molecular weight excluding hydrogens is 292 g/mol. The van der Waals surface area contributed by atoms with Gasteiger partial charge in [0.2, 0.25) is 0 Å². The normalized spacial score (nSPS) is 17.1. The van der Waals surface area contributed by atoms with E-state index in [1.807, 2.05) is 6.92 Å². The Labute approximate surface area is 142 Å². The van der Waals surface area contributed by atoms with Crippen molar-refractivity contribution >= 4 is 5.97 Å². The van der Waals surface area contributed by atoms with Crippen molar-refractivity contribution in [2.24, 2.45) is 5.92 Å². The molecular formula is C19H36O4. The summed E-state index contributed by atoms with van der Waals surface area (Å²) in [6, 6.07) is 0. The Morgan fingerprint density at radius 1 is 1.00 bits per heavy atom. The SMILES string of the molecule is CCCCCCCCC(OOCC)C(=O)OCC1CCCCC1. The quantitative estimate of drug-likeness (QED) is 0.202. The molecule has 4 nitrogen and oxygen atoms in total. The molecule has 0 aromatic rings. The van der Waals surface area contributed by atoms with Gasteiger partial charge in [0.05, 0.1) is 13.2 Å². The molecule has 0 heterocycles. The van der Waals surface area contributed by atoms with Crippen LogP contribution in [0.1, 0.15) is 90.9 Å². The lowest BCUT2D eigenvalue weighted by atomic mass is 9.90. The van der Waals surface area contributed by atoms with Crippen molar-refractivity contribution in [3.05, 3.63) is 0 Å². The number of hydrogen-bond donors (Lipinski definition) is 0. The van der Waals surface area contributed by atoms with Gasteiger partial charge in [-0.15, -0.1) is 0 Å². The third-order valence-corrected chi connectivity index (χ3v) is 4.57. The molecule has 1 aliphatic carbocycles. The molecule has 0 N–H and O–H groups in total. The van der Waals surface area contributed by atoms with Gasteiger partial charge in [-0.1, -0.05) is 64.7 Å². The van der Waals surface area contributed by atoms with Gasteiger partial charge in [-0.05, 0) is 32.1 Å². The Hall–Kier alpha value is -0.610. The molecule has 4 heteroatoms. The molecule has 136 valence electrons. The minimum atomic E-state index is -0.565. The van der Waals surface area contributed by atoms with E-state index in [1.165, 1.54) is 57.8 Å². The molecule has 0 saturated heterocycles. The Balaban J connectivity index is 2.22. The lowest BCUT2D eigenvalue weighted by molar-refractivity contribution is -0.319. The summed E-state index contributed by atoms with van der Waals surface area (Å²) in [4.78, 5) is 22.5. The lowest BCUT2D eigenvalue weighted by Crippen LogP contribution is -2.29. The highest BCUT2D eigenvalue weighted by Gasteiger charge is 2.23. The number of ether oxygens (including phenoxy) is 1. The molecule has 1 aliphatic rings. The molecule has 0 aliphatic heterocycles. The Morgan fingerprint density at radius 2 is 1.70 bits per heavy atom. The van der Waals surface area contributed by atoms with E-state index in [0.29, 0.717) is 25.6 Å². The van der Waals surface area contributed by atoms with Crippen LogP contribution in [0.5, 0.6) is 0 Å². The van der Waals surface area contributed by atoms with Crippen LogP contribution < -0.4 is 0 Å². The zero-order chi connectivity index (χ0) is 16.8. The van der Waals surface area contributed by atoms with Crippen molar-refractivity contribution in [2.45, 2.75) is 97.0 Å². The molecule has 0 bridgehead atoms. The number of hydrogen-bond acceptors (Lipinski definition) is 4. The summed E-state index contributed by atoms with van der Waals surface area (Å²) >= 11 is 0. The number of rotatable bonds is 13. The second-order valence-corrected chi connectivity index (χ2v) is 6.68. The van der Waals surface area contributed by atoms with Gasteiger partial charge in [-0.2, -0.15) is 0 Å². The average molecular weight is 328 g/mol. The van der Waals surface area contributed by atoms with E-state index in [0.717, 1.165) is 12.8 Å². The van der Waals surface area contributed by atoms with Gasteiger partial charge in [-0.25, -0.2) is 14.6 Å². The largest absolute Gasteiger partial charge is 0.463 e. The van der Waals surface area contributed by atoms with Gasteiger partial charge in [0.1, 0.15) is 0 Å². The van der Waals surface area contributed by atoms with Crippen LogP contribution in [-0.4, -0.2) is 25.3 Å². The minimum Gasteiger partial charge on any atom is -0.463 e. The van der Waals surface area contributed by atoms with Gasteiger partial charge in [-0.3, -0.25) is 0 Å².